The van der Waals surface area contributed by atoms with Gasteiger partial charge in [-0.15, -0.1) is 0 Å². The summed E-state index contributed by atoms with van der Waals surface area (Å²) in [6.07, 6.45) is 2.43. The van der Waals surface area contributed by atoms with E-state index in [-0.39, 0.29) is 18.9 Å². The van der Waals surface area contributed by atoms with Crippen LogP contribution in [0.4, 0.5) is 0 Å². The first-order valence-electron chi connectivity index (χ1n) is 14.0. The standard InChI is InChI=1S/C29H46BN3O6/c1-9-31-24(35)21-18-29(21,33-23(34)19-37-26(2,3)4)25(36)32-22(17-13-16-20-14-11-10-12-15-20)30-38-27(5,6)28(7,8)39-30/h10-12,14-15,21-22H,9,13,16-19H2,1-8H3,(H,31,35)(H,32,36)(H,33,34)/t21-,22+,29?/m1/s1. The van der Waals surface area contributed by atoms with Crippen molar-refractivity contribution in [1.29, 1.82) is 0 Å². The summed E-state index contributed by atoms with van der Waals surface area (Å²) in [4.78, 5) is 39.4. The zero-order valence-corrected chi connectivity index (χ0v) is 24.8. The van der Waals surface area contributed by atoms with E-state index in [0.29, 0.717) is 13.0 Å². The van der Waals surface area contributed by atoms with E-state index < -0.39 is 53.1 Å². The minimum Gasteiger partial charge on any atom is -0.402 e. The number of aryl methyl sites for hydroxylation is 1. The summed E-state index contributed by atoms with van der Waals surface area (Å²) in [5.41, 5.74) is -1.80. The van der Waals surface area contributed by atoms with Gasteiger partial charge in [0.05, 0.1) is 28.7 Å². The molecule has 1 heterocycles. The van der Waals surface area contributed by atoms with Crippen LogP contribution in [-0.2, 0) is 34.9 Å². The maximum Gasteiger partial charge on any atom is 0.481 e. The van der Waals surface area contributed by atoms with Crippen LogP contribution in [-0.4, -0.2) is 66.3 Å². The van der Waals surface area contributed by atoms with Crippen LogP contribution in [0.3, 0.4) is 0 Å². The molecule has 1 aliphatic carbocycles. The minimum atomic E-state index is -1.35. The summed E-state index contributed by atoms with van der Waals surface area (Å²) in [5, 5.41) is 8.70. The average Bonchev–Trinajstić information content (AvgIpc) is 3.51. The maximum atomic E-state index is 13.8. The normalized spacial score (nSPS) is 24.1. The van der Waals surface area contributed by atoms with Crippen LogP contribution in [0, 0.1) is 5.92 Å². The van der Waals surface area contributed by atoms with Gasteiger partial charge in [-0.25, -0.2) is 0 Å². The van der Waals surface area contributed by atoms with Gasteiger partial charge in [0, 0.05) is 6.54 Å². The van der Waals surface area contributed by atoms with Crippen LogP contribution in [0.15, 0.2) is 30.3 Å². The van der Waals surface area contributed by atoms with Crippen LogP contribution in [0.5, 0.6) is 0 Å². The Bertz CT molecular complexity index is 1010. The highest BCUT2D eigenvalue weighted by Gasteiger charge is 2.65. The highest BCUT2D eigenvalue weighted by molar-refractivity contribution is 6.48. The molecule has 1 saturated carbocycles. The second kappa shape index (κ2) is 12.0. The molecular weight excluding hydrogens is 497 g/mol. The number of rotatable bonds is 12. The number of carbonyl (C=O) groups excluding carboxylic acids is 3. The molecule has 0 spiro atoms. The lowest BCUT2D eigenvalue weighted by Gasteiger charge is -2.32. The molecule has 10 heteroatoms. The molecule has 3 atom stereocenters. The van der Waals surface area contributed by atoms with Gasteiger partial charge in [-0.1, -0.05) is 30.3 Å². The third kappa shape index (κ3) is 7.83. The molecular formula is C29H46BN3O6. The zero-order valence-electron chi connectivity index (χ0n) is 24.8. The molecule has 0 radical (unpaired) electrons. The number of benzene rings is 1. The summed E-state index contributed by atoms with van der Waals surface area (Å²) < 4.78 is 18.2. The Kier molecular flexibility index (Phi) is 9.56. The van der Waals surface area contributed by atoms with E-state index in [2.05, 4.69) is 28.1 Å². The first kappa shape index (κ1) is 31.1. The van der Waals surface area contributed by atoms with Crippen molar-refractivity contribution in [3.8, 4) is 0 Å². The lowest BCUT2D eigenvalue weighted by Crippen LogP contribution is -2.58. The van der Waals surface area contributed by atoms with Gasteiger partial charge < -0.3 is 30.0 Å². The molecule has 3 rings (SSSR count). The molecule has 1 aromatic carbocycles. The molecule has 1 unspecified atom stereocenters. The van der Waals surface area contributed by atoms with Crippen LogP contribution < -0.4 is 16.0 Å². The van der Waals surface area contributed by atoms with Crippen molar-refractivity contribution in [2.75, 3.05) is 13.2 Å². The Morgan fingerprint density at radius 1 is 1.08 bits per heavy atom. The van der Waals surface area contributed by atoms with Gasteiger partial charge in [0.15, 0.2) is 0 Å². The van der Waals surface area contributed by atoms with Crippen LogP contribution >= 0.6 is 0 Å². The van der Waals surface area contributed by atoms with Crippen molar-refractivity contribution in [2.45, 2.75) is 109 Å². The van der Waals surface area contributed by atoms with Gasteiger partial charge in [0.1, 0.15) is 12.1 Å². The fraction of sp³-hybridized carbons (Fsp3) is 0.690. The Balaban J connectivity index is 1.78. The van der Waals surface area contributed by atoms with Crippen molar-refractivity contribution in [3.05, 3.63) is 35.9 Å². The lowest BCUT2D eigenvalue weighted by atomic mass is 9.75. The summed E-state index contributed by atoms with van der Waals surface area (Å²) in [6.45, 7) is 15.5. The lowest BCUT2D eigenvalue weighted by molar-refractivity contribution is -0.137. The molecule has 1 aromatic rings. The quantitative estimate of drug-likeness (QED) is 0.350. The van der Waals surface area contributed by atoms with Gasteiger partial charge >= 0.3 is 7.12 Å². The number of amides is 3. The predicted octanol–water partition coefficient (Wildman–Crippen LogP) is 2.95. The first-order valence-corrected chi connectivity index (χ1v) is 14.0. The molecule has 2 fully saturated rings. The third-order valence-corrected chi connectivity index (χ3v) is 7.77. The summed E-state index contributed by atoms with van der Waals surface area (Å²) in [6, 6.07) is 10.2. The summed E-state index contributed by atoms with van der Waals surface area (Å²) >= 11 is 0. The number of hydrogen-bond donors (Lipinski definition) is 3. The molecule has 9 nitrogen and oxygen atoms in total. The van der Waals surface area contributed by atoms with Crippen LogP contribution in [0.25, 0.3) is 0 Å². The SMILES string of the molecule is CCNC(=O)[C@H]1CC1(NC(=O)COC(C)(C)C)C(=O)N[C@@H](CCCc1ccccc1)B1OC(C)(C)C(C)(C)O1. The second-order valence-electron chi connectivity index (χ2n) is 12.7. The van der Waals surface area contributed by atoms with Crippen molar-refractivity contribution in [2.24, 2.45) is 5.92 Å². The fourth-order valence-electron chi connectivity index (χ4n) is 4.69. The number of carbonyl (C=O) groups is 3. The fourth-order valence-corrected chi connectivity index (χ4v) is 4.69. The molecule has 39 heavy (non-hydrogen) atoms. The molecule has 3 N–H and O–H groups in total. The molecule has 0 bridgehead atoms. The van der Waals surface area contributed by atoms with Crippen LogP contribution in [0.1, 0.15) is 80.2 Å². The number of ether oxygens (including phenoxy) is 1. The average molecular weight is 544 g/mol. The number of nitrogens with one attached hydrogen (secondary N) is 3. The van der Waals surface area contributed by atoms with E-state index in [0.717, 1.165) is 12.8 Å². The first-order chi connectivity index (χ1) is 18.1. The molecule has 2 aliphatic rings. The Labute approximate surface area is 233 Å². The van der Waals surface area contributed by atoms with E-state index in [9.17, 15) is 14.4 Å². The minimum absolute atomic E-state index is 0.210. The van der Waals surface area contributed by atoms with Gasteiger partial charge in [-0.05, 0) is 86.6 Å². The zero-order chi connectivity index (χ0) is 29.1. The van der Waals surface area contributed by atoms with Crippen molar-refractivity contribution in [1.82, 2.24) is 16.0 Å². The van der Waals surface area contributed by atoms with E-state index in [4.69, 9.17) is 14.0 Å². The second-order valence-corrected chi connectivity index (χ2v) is 12.7. The largest absolute Gasteiger partial charge is 0.481 e. The number of hydrogen-bond acceptors (Lipinski definition) is 6. The highest BCUT2D eigenvalue weighted by atomic mass is 16.7. The third-order valence-electron chi connectivity index (χ3n) is 7.77. The van der Waals surface area contributed by atoms with E-state index in [1.54, 1.807) is 0 Å². The Hall–Kier alpha value is -2.43. The van der Waals surface area contributed by atoms with E-state index in [1.165, 1.54) is 5.56 Å². The smallest absolute Gasteiger partial charge is 0.402 e. The molecule has 0 aromatic heterocycles. The van der Waals surface area contributed by atoms with Gasteiger partial charge in [-0.3, -0.25) is 14.4 Å². The predicted molar refractivity (Wildman–Crippen MR) is 151 cm³/mol. The highest BCUT2D eigenvalue weighted by Crippen LogP contribution is 2.45. The van der Waals surface area contributed by atoms with Crippen molar-refractivity contribution in [3.63, 3.8) is 0 Å². The Morgan fingerprint density at radius 3 is 2.26 bits per heavy atom. The monoisotopic (exact) mass is 543 g/mol. The molecule has 216 valence electrons. The topological polar surface area (TPSA) is 115 Å². The van der Waals surface area contributed by atoms with Gasteiger partial charge in [-0.2, -0.15) is 0 Å². The van der Waals surface area contributed by atoms with Gasteiger partial charge in [0.25, 0.3) is 0 Å². The van der Waals surface area contributed by atoms with Crippen LogP contribution in [0.2, 0.25) is 0 Å². The molecule has 1 aliphatic heterocycles. The molecule has 1 saturated heterocycles. The molecule has 3 amide bonds. The van der Waals surface area contributed by atoms with Crippen molar-refractivity contribution >= 4 is 24.8 Å². The Morgan fingerprint density at radius 2 is 1.69 bits per heavy atom. The van der Waals surface area contributed by atoms with E-state index in [1.807, 2.05) is 73.6 Å². The summed E-state index contributed by atoms with van der Waals surface area (Å²) in [5.74, 6) is -2.26. The van der Waals surface area contributed by atoms with Gasteiger partial charge in [0.2, 0.25) is 17.7 Å². The van der Waals surface area contributed by atoms with E-state index >= 15 is 0 Å². The van der Waals surface area contributed by atoms with Crippen molar-refractivity contribution < 1.29 is 28.4 Å². The maximum absolute atomic E-state index is 13.8. The summed E-state index contributed by atoms with van der Waals surface area (Å²) in [7, 11) is -0.673.